The van der Waals surface area contributed by atoms with Crippen molar-refractivity contribution in [2.24, 2.45) is 5.10 Å². The maximum absolute atomic E-state index is 12.8. The lowest BCUT2D eigenvalue weighted by Crippen LogP contribution is -2.50. The summed E-state index contributed by atoms with van der Waals surface area (Å²) >= 11 is 0. The number of non-ortho nitro benzene ring substituents is 1. The molecule has 11 heteroatoms. The summed E-state index contributed by atoms with van der Waals surface area (Å²) < 4.78 is 27.0. The van der Waals surface area contributed by atoms with E-state index in [1.54, 1.807) is 43.3 Å². The van der Waals surface area contributed by atoms with Crippen LogP contribution in [0.5, 0.6) is 0 Å². The SMILES string of the molecule is C/C(=N/NC(=O)CN1CCN(S(=O)(=O)c2ccc(C)cc2)CC1)c1ccc([N+](=O)[O-])cc1. The van der Waals surface area contributed by atoms with Crippen LogP contribution in [0.25, 0.3) is 0 Å². The van der Waals surface area contributed by atoms with Gasteiger partial charge in [0.25, 0.3) is 11.6 Å². The van der Waals surface area contributed by atoms with Gasteiger partial charge in [-0.2, -0.15) is 9.41 Å². The van der Waals surface area contributed by atoms with Gasteiger partial charge in [-0.1, -0.05) is 17.7 Å². The molecule has 0 aromatic heterocycles. The van der Waals surface area contributed by atoms with Gasteiger partial charge in [-0.25, -0.2) is 13.8 Å². The van der Waals surface area contributed by atoms with Crippen LogP contribution in [-0.4, -0.2) is 66.9 Å². The molecule has 3 rings (SSSR count). The molecular weight excluding hydrogens is 434 g/mol. The molecule has 1 fully saturated rings. The maximum Gasteiger partial charge on any atom is 0.269 e. The lowest BCUT2D eigenvalue weighted by molar-refractivity contribution is -0.384. The van der Waals surface area contributed by atoms with Gasteiger partial charge < -0.3 is 0 Å². The summed E-state index contributed by atoms with van der Waals surface area (Å²) in [6.45, 7) is 5.15. The molecule has 0 atom stereocenters. The third kappa shape index (κ3) is 5.75. The lowest BCUT2D eigenvalue weighted by atomic mass is 10.1. The second-order valence-corrected chi connectivity index (χ2v) is 9.47. The molecule has 32 heavy (non-hydrogen) atoms. The number of piperazine rings is 1. The fraction of sp³-hybridized carbons (Fsp3) is 0.333. The minimum atomic E-state index is -3.55. The number of nitro benzene ring substituents is 1. The predicted molar refractivity (Wildman–Crippen MR) is 120 cm³/mol. The van der Waals surface area contributed by atoms with Crippen LogP contribution in [0.3, 0.4) is 0 Å². The molecule has 2 aromatic rings. The first-order valence-corrected chi connectivity index (χ1v) is 11.5. The fourth-order valence-corrected chi connectivity index (χ4v) is 4.68. The van der Waals surface area contributed by atoms with E-state index < -0.39 is 14.9 Å². The Balaban J connectivity index is 1.50. The van der Waals surface area contributed by atoms with Crippen molar-refractivity contribution in [1.29, 1.82) is 0 Å². The van der Waals surface area contributed by atoms with Crippen LogP contribution in [0.2, 0.25) is 0 Å². The van der Waals surface area contributed by atoms with Gasteiger partial charge in [0.1, 0.15) is 0 Å². The maximum atomic E-state index is 12.8. The molecule has 1 aliphatic heterocycles. The first-order valence-electron chi connectivity index (χ1n) is 10.0. The number of carbonyl (C=O) groups is 1. The van der Waals surface area contributed by atoms with Gasteiger partial charge in [0.05, 0.1) is 22.1 Å². The summed E-state index contributed by atoms with van der Waals surface area (Å²) in [5.41, 5.74) is 4.63. The third-order valence-electron chi connectivity index (χ3n) is 5.20. The largest absolute Gasteiger partial charge is 0.292 e. The first kappa shape index (κ1) is 23.5. The fourth-order valence-electron chi connectivity index (χ4n) is 3.26. The van der Waals surface area contributed by atoms with Gasteiger partial charge in [-0.05, 0) is 43.7 Å². The van der Waals surface area contributed by atoms with E-state index in [4.69, 9.17) is 0 Å². The lowest BCUT2D eigenvalue weighted by Gasteiger charge is -2.33. The number of carbonyl (C=O) groups excluding carboxylic acids is 1. The number of amides is 1. The highest BCUT2D eigenvalue weighted by molar-refractivity contribution is 7.89. The average Bonchev–Trinajstić information content (AvgIpc) is 2.78. The van der Waals surface area contributed by atoms with Crippen molar-refractivity contribution in [3.63, 3.8) is 0 Å². The molecule has 0 saturated carbocycles. The third-order valence-corrected chi connectivity index (χ3v) is 7.11. The van der Waals surface area contributed by atoms with E-state index in [1.807, 2.05) is 11.8 Å². The van der Waals surface area contributed by atoms with E-state index in [9.17, 15) is 23.3 Å². The first-order chi connectivity index (χ1) is 15.2. The zero-order chi connectivity index (χ0) is 23.3. The summed E-state index contributed by atoms with van der Waals surface area (Å²) in [4.78, 5) is 24.6. The highest BCUT2D eigenvalue weighted by Gasteiger charge is 2.28. The number of hydrazone groups is 1. The summed E-state index contributed by atoms with van der Waals surface area (Å²) in [5, 5.41) is 14.8. The Morgan fingerprint density at radius 2 is 1.66 bits per heavy atom. The molecule has 1 saturated heterocycles. The van der Waals surface area contributed by atoms with Gasteiger partial charge in [0.2, 0.25) is 10.0 Å². The molecular formula is C21H25N5O5S. The molecule has 170 valence electrons. The van der Waals surface area contributed by atoms with Crippen molar-refractivity contribution in [3.05, 3.63) is 69.8 Å². The molecule has 10 nitrogen and oxygen atoms in total. The number of sulfonamides is 1. The van der Waals surface area contributed by atoms with E-state index in [0.717, 1.165) is 5.56 Å². The molecule has 2 aromatic carbocycles. The van der Waals surface area contributed by atoms with Crippen molar-refractivity contribution in [3.8, 4) is 0 Å². The number of aryl methyl sites for hydroxylation is 1. The molecule has 1 amide bonds. The van der Waals surface area contributed by atoms with Crippen LogP contribution in [0, 0.1) is 17.0 Å². The standard InChI is InChI=1S/C21H25N5O5S/c1-16-3-9-20(10-4-16)32(30,31)25-13-11-24(12-14-25)15-21(27)23-22-17(2)18-5-7-19(8-6-18)26(28)29/h3-10H,11-15H2,1-2H3,(H,23,27)/b22-17-. The van der Waals surface area contributed by atoms with Gasteiger partial charge >= 0.3 is 0 Å². The van der Waals surface area contributed by atoms with Crippen molar-refractivity contribution in [1.82, 2.24) is 14.6 Å². The Labute approximate surface area is 186 Å². The molecule has 0 bridgehead atoms. The second-order valence-electron chi connectivity index (χ2n) is 7.53. The number of hydrogen-bond donors (Lipinski definition) is 1. The predicted octanol–water partition coefficient (Wildman–Crippen LogP) is 1.75. The minimum absolute atomic E-state index is 0.0193. The molecule has 1 N–H and O–H groups in total. The van der Waals surface area contributed by atoms with Crippen molar-refractivity contribution < 1.29 is 18.1 Å². The second kappa shape index (κ2) is 9.98. The van der Waals surface area contributed by atoms with E-state index in [0.29, 0.717) is 37.5 Å². The van der Waals surface area contributed by atoms with Crippen LogP contribution in [-0.2, 0) is 14.8 Å². The monoisotopic (exact) mass is 459 g/mol. The van der Waals surface area contributed by atoms with Crippen LogP contribution in [0.15, 0.2) is 58.5 Å². The van der Waals surface area contributed by atoms with Crippen molar-refractivity contribution in [2.75, 3.05) is 32.7 Å². The molecule has 1 heterocycles. The van der Waals surface area contributed by atoms with Crippen LogP contribution >= 0.6 is 0 Å². The van der Waals surface area contributed by atoms with Gasteiger partial charge in [-0.3, -0.25) is 19.8 Å². The highest BCUT2D eigenvalue weighted by atomic mass is 32.2. The van der Waals surface area contributed by atoms with E-state index in [-0.39, 0.29) is 23.0 Å². The topological polar surface area (TPSA) is 125 Å². The normalized spacial score (nSPS) is 16.0. The highest BCUT2D eigenvalue weighted by Crippen LogP contribution is 2.18. The van der Waals surface area contributed by atoms with Gasteiger partial charge in [-0.15, -0.1) is 0 Å². The van der Waals surface area contributed by atoms with E-state index in [2.05, 4.69) is 10.5 Å². The average molecular weight is 460 g/mol. The molecule has 0 aliphatic carbocycles. The summed E-state index contributed by atoms with van der Waals surface area (Å²) in [7, 11) is -3.55. The Morgan fingerprint density at radius 3 is 2.22 bits per heavy atom. The minimum Gasteiger partial charge on any atom is -0.292 e. The Kier molecular flexibility index (Phi) is 7.33. The van der Waals surface area contributed by atoms with E-state index >= 15 is 0 Å². The number of hydrogen-bond acceptors (Lipinski definition) is 7. The number of rotatable bonds is 7. The van der Waals surface area contributed by atoms with Gasteiger partial charge in [0.15, 0.2) is 0 Å². The smallest absolute Gasteiger partial charge is 0.269 e. The quantitative estimate of drug-likeness (QED) is 0.382. The molecule has 0 unspecified atom stereocenters. The number of benzene rings is 2. The number of nitro groups is 1. The molecule has 0 radical (unpaired) electrons. The summed E-state index contributed by atoms with van der Waals surface area (Å²) in [6, 6.07) is 12.6. The Hall–Kier alpha value is -3.15. The number of nitrogens with zero attached hydrogens (tertiary/aromatic N) is 4. The summed E-state index contributed by atoms with van der Waals surface area (Å²) in [5.74, 6) is -0.318. The summed E-state index contributed by atoms with van der Waals surface area (Å²) in [6.07, 6.45) is 0. The van der Waals surface area contributed by atoms with Crippen LogP contribution < -0.4 is 5.43 Å². The zero-order valence-electron chi connectivity index (χ0n) is 17.9. The van der Waals surface area contributed by atoms with Crippen LogP contribution in [0.4, 0.5) is 5.69 Å². The van der Waals surface area contributed by atoms with Crippen LogP contribution in [0.1, 0.15) is 18.1 Å². The van der Waals surface area contributed by atoms with E-state index in [1.165, 1.54) is 16.4 Å². The van der Waals surface area contributed by atoms with Crippen molar-refractivity contribution in [2.45, 2.75) is 18.7 Å². The van der Waals surface area contributed by atoms with Crippen molar-refractivity contribution >= 4 is 27.3 Å². The molecule has 1 aliphatic rings. The Bertz CT molecular complexity index is 1110. The molecule has 0 spiro atoms. The number of nitrogens with one attached hydrogen (secondary N) is 1. The zero-order valence-corrected chi connectivity index (χ0v) is 18.7. The Morgan fingerprint density at radius 1 is 1.06 bits per heavy atom. The van der Waals surface area contributed by atoms with Gasteiger partial charge in [0, 0.05) is 38.3 Å².